The number of aliphatic hydroxyl groups excluding tert-OH is 4. The molecule has 1 aliphatic rings. The van der Waals surface area contributed by atoms with Gasteiger partial charge in [-0.25, -0.2) is 0 Å². The SMILES string of the molecule is CC/C=C/C/C=C/C/C=C/C/C=C/C/C=C/CCCC(=O)O[C@H](COC(=O)CCCCCCC/C=C/CCCC)CO[C@@H]1O[C@H](CO)[C@H](O)C(O)C1O. The minimum Gasteiger partial charge on any atom is -0.462 e. The molecule has 1 heterocycles. The van der Waals surface area contributed by atoms with Crippen molar-refractivity contribution in [2.75, 3.05) is 19.8 Å². The molecule has 1 rings (SSSR count). The Balaban J connectivity index is 2.44. The highest BCUT2D eigenvalue weighted by Crippen LogP contribution is 2.22. The molecule has 0 aromatic carbocycles. The summed E-state index contributed by atoms with van der Waals surface area (Å²) in [5.74, 6) is -0.896. The van der Waals surface area contributed by atoms with Gasteiger partial charge in [-0.05, 0) is 70.6 Å². The first-order valence-electron chi connectivity index (χ1n) is 20.0. The zero-order chi connectivity index (χ0) is 38.8. The van der Waals surface area contributed by atoms with E-state index in [0.29, 0.717) is 19.3 Å². The van der Waals surface area contributed by atoms with Crippen LogP contribution in [0.15, 0.2) is 72.9 Å². The molecule has 2 unspecified atom stereocenters. The first-order valence-corrected chi connectivity index (χ1v) is 20.0. The van der Waals surface area contributed by atoms with Gasteiger partial charge < -0.3 is 39.4 Å². The molecule has 0 bridgehead atoms. The van der Waals surface area contributed by atoms with Crippen molar-refractivity contribution in [3.8, 4) is 0 Å². The molecule has 0 saturated carbocycles. The van der Waals surface area contributed by atoms with Crippen LogP contribution in [0.5, 0.6) is 0 Å². The van der Waals surface area contributed by atoms with E-state index in [1.807, 2.05) is 6.08 Å². The van der Waals surface area contributed by atoms with Crippen LogP contribution in [0.2, 0.25) is 0 Å². The molecule has 1 aliphatic heterocycles. The summed E-state index contributed by atoms with van der Waals surface area (Å²) in [6.45, 7) is 3.17. The third-order valence-corrected chi connectivity index (χ3v) is 8.58. The van der Waals surface area contributed by atoms with Crippen molar-refractivity contribution in [3.05, 3.63) is 72.9 Å². The van der Waals surface area contributed by atoms with E-state index in [-0.39, 0.29) is 26.1 Å². The maximum Gasteiger partial charge on any atom is 0.306 e. The number of esters is 2. The fourth-order valence-corrected chi connectivity index (χ4v) is 5.38. The molecule has 0 aromatic rings. The average Bonchev–Trinajstić information content (AvgIpc) is 3.15. The summed E-state index contributed by atoms with van der Waals surface area (Å²) in [6.07, 6.45) is 33.5. The third-order valence-electron chi connectivity index (χ3n) is 8.58. The highest BCUT2D eigenvalue weighted by atomic mass is 16.7. The zero-order valence-electron chi connectivity index (χ0n) is 32.5. The predicted octanol–water partition coefficient (Wildman–Crippen LogP) is 7.66. The summed E-state index contributed by atoms with van der Waals surface area (Å²) in [4.78, 5) is 25.2. The molecule has 1 saturated heterocycles. The second-order valence-electron chi connectivity index (χ2n) is 13.3. The Morgan fingerprint density at radius 3 is 1.75 bits per heavy atom. The van der Waals surface area contributed by atoms with Crippen LogP contribution >= 0.6 is 0 Å². The van der Waals surface area contributed by atoms with Gasteiger partial charge in [0, 0.05) is 12.8 Å². The van der Waals surface area contributed by atoms with Crippen molar-refractivity contribution < 1.29 is 49.0 Å². The number of allylic oxidation sites excluding steroid dienone is 12. The topological polar surface area (TPSA) is 152 Å². The molecule has 0 spiro atoms. The third kappa shape index (κ3) is 25.7. The van der Waals surface area contributed by atoms with Crippen molar-refractivity contribution in [2.24, 2.45) is 0 Å². The van der Waals surface area contributed by atoms with Gasteiger partial charge >= 0.3 is 11.9 Å². The lowest BCUT2D eigenvalue weighted by atomic mass is 9.99. The second kappa shape index (κ2) is 33.7. The first-order chi connectivity index (χ1) is 25.8. The molecule has 10 nitrogen and oxygen atoms in total. The van der Waals surface area contributed by atoms with Crippen LogP contribution in [0, 0.1) is 0 Å². The van der Waals surface area contributed by atoms with Gasteiger partial charge in [0.25, 0.3) is 0 Å². The number of ether oxygens (including phenoxy) is 4. The Morgan fingerprint density at radius 2 is 1.13 bits per heavy atom. The number of hydrogen-bond donors (Lipinski definition) is 4. The Kier molecular flexibility index (Phi) is 30.6. The van der Waals surface area contributed by atoms with E-state index in [1.165, 1.54) is 12.8 Å². The van der Waals surface area contributed by atoms with Crippen molar-refractivity contribution in [3.63, 3.8) is 0 Å². The van der Waals surface area contributed by atoms with Crippen molar-refractivity contribution in [1.29, 1.82) is 0 Å². The van der Waals surface area contributed by atoms with E-state index in [1.54, 1.807) is 0 Å². The van der Waals surface area contributed by atoms with Crippen molar-refractivity contribution >= 4 is 11.9 Å². The van der Waals surface area contributed by atoms with Crippen LogP contribution in [-0.4, -0.2) is 89.0 Å². The number of rotatable bonds is 31. The summed E-state index contributed by atoms with van der Waals surface area (Å²) >= 11 is 0. The fraction of sp³-hybridized carbons (Fsp3) is 0.674. The molecular weight excluding hydrogens is 676 g/mol. The van der Waals surface area contributed by atoms with Gasteiger partial charge in [-0.3, -0.25) is 9.59 Å². The van der Waals surface area contributed by atoms with E-state index in [2.05, 4.69) is 80.7 Å². The van der Waals surface area contributed by atoms with Crippen LogP contribution in [0.3, 0.4) is 0 Å². The van der Waals surface area contributed by atoms with E-state index in [9.17, 15) is 30.0 Å². The molecule has 0 aliphatic carbocycles. The van der Waals surface area contributed by atoms with Gasteiger partial charge in [-0.2, -0.15) is 0 Å². The number of aliphatic hydroxyl groups is 4. The van der Waals surface area contributed by atoms with Gasteiger partial charge in [0.05, 0.1) is 13.2 Å². The second-order valence-corrected chi connectivity index (χ2v) is 13.3. The number of carbonyl (C=O) groups excluding carboxylic acids is 2. The van der Waals surface area contributed by atoms with Crippen molar-refractivity contribution in [1.82, 2.24) is 0 Å². The molecule has 0 radical (unpaired) electrons. The maximum atomic E-state index is 12.7. The molecule has 4 N–H and O–H groups in total. The quantitative estimate of drug-likeness (QED) is 0.0316. The Hall–Kier alpha value is -2.86. The summed E-state index contributed by atoms with van der Waals surface area (Å²) in [5, 5.41) is 39.9. The number of hydrogen-bond acceptors (Lipinski definition) is 10. The molecule has 302 valence electrons. The lowest BCUT2D eigenvalue weighted by Crippen LogP contribution is -2.59. The molecule has 53 heavy (non-hydrogen) atoms. The lowest BCUT2D eigenvalue weighted by molar-refractivity contribution is -0.305. The predicted molar refractivity (Wildman–Crippen MR) is 210 cm³/mol. The molecular formula is C43H70O10. The van der Waals surface area contributed by atoms with Crippen LogP contribution in [-0.2, 0) is 28.5 Å². The van der Waals surface area contributed by atoms with E-state index in [0.717, 1.165) is 70.6 Å². The van der Waals surface area contributed by atoms with E-state index >= 15 is 0 Å². The molecule has 0 aromatic heterocycles. The van der Waals surface area contributed by atoms with Crippen LogP contribution in [0.4, 0.5) is 0 Å². The summed E-state index contributed by atoms with van der Waals surface area (Å²) in [5.41, 5.74) is 0. The number of carbonyl (C=O) groups is 2. The molecule has 1 fully saturated rings. The van der Waals surface area contributed by atoms with Crippen molar-refractivity contribution in [2.45, 2.75) is 166 Å². The van der Waals surface area contributed by atoms with Gasteiger partial charge in [0.2, 0.25) is 0 Å². The van der Waals surface area contributed by atoms with Gasteiger partial charge in [-0.15, -0.1) is 0 Å². The summed E-state index contributed by atoms with van der Waals surface area (Å²) in [7, 11) is 0. The minimum atomic E-state index is -1.61. The summed E-state index contributed by atoms with van der Waals surface area (Å²) < 4.78 is 22.0. The van der Waals surface area contributed by atoms with Gasteiger partial charge in [-0.1, -0.05) is 119 Å². The highest BCUT2D eigenvalue weighted by molar-refractivity contribution is 5.70. The number of unbranched alkanes of at least 4 members (excludes halogenated alkanes) is 8. The average molecular weight is 747 g/mol. The molecule has 0 amide bonds. The van der Waals surface area contributed by atoms with Crippen LogP contribution in [0.1, 0.15) is 129 Å². The first kappa shape index (κ1) is 48.2. The fourth-order valence-electron chi connectivity index (χ4n) is 5.38. The largest absolute Gasteiger partial charge is 0.462 e. The Bertz CT molecular complexity index is 1090. The smallest absolute Gasteiger partial charge is 0.306 e. The normalized spacial score (nSPS) is 21.7. The zero-order valence-corrected chi connectivity index (χ0v) is 32.5. The lowest BCUT2D eigenvalue weighted by Gasteiger charge is -2.39. The van der Waals surface area contributed by atoms with Crippen LogP contribution < -0.4 is 0 Å². The van der Waals surface area contributed by atoms with Gasteiger partial charge in [0.15, 0.2) is 12.4 Å². The molecule has 10 heteroatoms. The standard InChI is InChI=1S/C43H70O10/c1-3-5-7-9-11-13-15-16-17-18-19-20-22-24-26-28-30-32-39(46)52-36(35-51-43-42(49)41(48)40(47)37(33-44)53-43)34-50-38(45)31-29-27-25-23-21-14-12-10-8-6-4-2/h5,7,10-13,16-17,19-20,24,26,36-37,40-44,47-49H,3-4,6,8-9,14-15,18,21-23,25,27-35H2,1-2H3/b7-5+,12-10+,13-11+,17-16+,20-19+,26-24+/t36-,37-,40+,41?,42?,43-/m1/s1. The van der Waals surface area contributed by atoms with Crippen LogP contribution in [0.25, 0.3) is 0 Å². The minimum absolute atomic E-state index is 0.146. The Morgan fingerprint density at radius 1 is 0.604 bits per heavy atom. The Labute approximate surface area is 319 Å². The maximum absolute atomic E-state index is 12.7. The van der Waals surface area contributed by atoms with Gasteiger partial charge in [0.1, 0.15) is 31.0 Å². The van der Waals surface area contributed by atoms with E-state index in [4.69, 9.17) is 18.9 Å². The molecule has 6 atom stereocenters. The summed E-state index contributed by atoms with van der Waals surface area (Å²) in [6, 6.07) is 0. The van der Waals surface area contributed by atoms with E-state index < -0.39 is 55.4 Å². The monoisotopic (exact) mass is 746 g/mol. The highest BCUT2D eigenvalue weighted by Gasteiger charge is 2.44.